The van der Waals surface area contributed by atoms with Gasteiger partial charge >= 0.3 is 0 Å². The molecule has 0 aromatic heterocycles. The van der Waals surface area contributed by atoms with Gasteiger partial charge in [0.15, 0.2) is 0 Å². The van der Waals surface area contributed by atoms with Gasteiger partial charge in [-0.25, -0.2) is 0 Å². The largest absolute Gasteiger partial charge is 0.359 e. The zero-order valence-corrected chi connectivity index (χ0v) is 25.7. The van der Waals surface area contributed by atoms with Crippen molar-refractivity contribution in [3.05, 3.63) is 41.5 Å². The van der Waals surface area contributed by atoms with Crippen LogP contribution >= 0.6 is 0 Å². The molecule has 8 nitrogen and oxygen atoms in total. The van der Waals surface area contributed by atoms with E-state index in [-0.39, 0.29) is 23.8 Å². The molecule has 1 aromatic carbocycles. The minimum Gasteiger partial charge on any atom is -0.359 e. The van der Waals surface area contributed by atoms with Crippen LogP contribution in [0.4, 0.5) is 5.69 Å². The van der Waals surface area contributed by atoms with Gasteiger partial charge in [-0.2, -0.15) is 0 Å². The lowest BCUT2D eigenvalue weighted by atomic mass is 9.73. The van der Waals surface area contributed by atoms with Gasteiger partial charge < -0.3 is 25.2 Å². The summed E-state index contributed by atoms with van der Waals surface area (Å²) in [6.45, 7) is 11.7. The Morgan fingerprint density at radius 3 is 2.38 bits per heavy atom. The number of hydrogen-bond donors (Lipinski definition) is 2. The van der Waals surface area contributed by atoms with E-state index < -0.39 is 29.6 Å². The molecule has 4 aliphatic heterocycles. The summed E-state index contributed by atoms with van der Waals surface area (Å²) in [5.41, 5.74) is 1.71. The molecule has 8 unspecified atom stereocenters. The first-order valence-corrected chi connectivity index (χ1v) is 16.3. The molecule has 0 radical (unpaired) electrons. The lowest BCUT2D eigenvalue weighted by Crippen LogP contribution is -2.58. The Balaban J connectivity index is 1.28. The zero-order chi connectivity index (χ0) is 29.6. The molecule has 1 aliphatic carbocycles. The summed E-state index contributed by atoms with van der Waals surface area (Å²) in [5, 5.41) is 6.44. The van der Waals surface area contributed by atoms with E-state index in [1.54, 1.807) is 4.90 Å². The quantitative estimate of drug-likeness (QED) is 0.475. The summed E-state index contributed by atoms with van der Waals surface area (Å²) < 4.78 is 6.58. The van der Waals surface area contributed by atoms with Crippen LogP contribution < -0.4 is 10.6 Å². The number of aryl methyl sites for hydroxylation is 2. The van der Waals surface area contributed by atoms with E-state index in [0.29, 0.717) is 18.4 Å². The highest BCUT2D eigenvalue weighted by Crippen LogP contribution is 2.55. The van der Waals surface area contributed by atoms with E-state index in [9.17, 15) is 14.4 Å². The van der Waals surface area contributed by atoms with Crippen LogP contribution in [0, 0.1) is 37.5 Å². The van der Waals surface area contributed by atoms with Crippen LogP contribution in [0.3, 0.4) is 0 Å². The molecular formula is C34H48N4O4. The minimum absolute atomic E-state index is 0.0745. The van der Waals surface area contributed by atoms with Crippen molar-refractivity contribution in [2.45, 2.75) is 96.4 Å². The van der Waals surface area contributed by atoms with Gasteiger partial charge in [-0.3, -0.25) is 14.4 Å². The number of hydrogen-bond acceptors (Lipinski definition) is 5. The van der Waals surface area contributed by atoms with Gasteiger partial charge in [0.2, 0.25) is 17.7 Å². The maximum atomic E-state index is 14.3. The van der Waals surface area contributed by atoms with Crippen molar-refractivity contribution in [3.8, 4) is 0 Å². The third kappa shape index (κ3) is 5.30. The van der Waals surface area contributed by atoms with E-state index in [1.165, 1.54) is 19.3 Å². The van der Waals surface area contributed by atoms with E-state index in [1.807, 2.05) is 38.1 Å². The topological polar surface area (TPSA) is 91.0 Å². The molecule has 8 atom stereocenters. The van der Waals surface area contributed by atoms with Crippen LogP contribution in [-0.4, -0.2) is 77.5 Å². The molecule has 2 N–H and O–H groups in total. The Hall–Kier alpha value is -2.71. The molecule has 1 spiro atoms. The molecule has 4 heterocycles. The van der Waals surface area contributed by atoms with Gasteiger partial charge in [-0.1, -0.05) is 57.7 Å². The van der Waals surface area contributed by atoms with Crippen molar-refractivity contribution in [1.29, 1.82) is 0 Å². The highest BCUT2D eigenvalue weighted by molar-refractivity contribution is 6.02. The molecule has 3 amide bonds. The maximum Gasteiger partial charge on any atom is 0.246 e. The van der Waals surface area contributed by atoms with Gasteiger partial charge in [-0.05, 0) is 81.3 Å². The fourth-order valence-corrected chi connectivity index (χ4v) is 8.44. The number of nitrogens with one attached hydrogen (secondary N) is 2. The number of carbonyl (C=O) groups excluding carboxylic acids is 3. The molecule has 2 bridgehead atoms. The predicted molar refractivity (Wildman–Crippen MR) is 163 cm³/mol. The molecule has 42 heavy (non-hydrogen) atoms. The van der Waals surface area contributed by atoms with Gasteiger partial charge in [0, 0.05) is 24.8 Å². The van der Waals surface area contributed by atoms with Crippen LogP contribution in [0.25, 0.3) is 0 Å². The molecule has 6 rings (SSSR count). The van der Waals surface area contributed by atoms with Gasteiger partial charge in [0.05, 0.1) is 17.9 Å². The first-order chi connectivity index (χ1) is 20.2. The molecule has 5 aliphatic rings. The second kappa shape index (κ2) is 11.8. The Labute approximate surface area is 250 Å². The maximum absolute atomic E-state index is 14.3. The van der Waals surface area contributed by atoms with Crippen LogP contribution in [0.2, 0.25) is 0 Å². The smallest absolute Gasteiger partial charge is 0.246 e. The number of anilines is 1. The third-order valence-corrected chi connectivity index (χ3v) is 10.8. The Kier molecular flexibility index (Phi) is 8.22. The molecular weight excluding hydrogens is 528 g/mol. The fourth-order valence-electron chi connectivity index (χ4n) is 8.44. The Morgan fingerprint density at radius 2 is 1.67 bits per heavy atom. The number of amides is 3. The second-order valence-corrected chi connectivity index (χ2v) is 13.7. The highest BCUT2D eigenvalue weighted by atomic mass is 16.5. The van der Waals surface area contributed by atoms with Crippen LogP contribution in [-0.2, 0) is 19.1 Å². The number of fused-ring (bicyclic) bond motifs is 1. The second-order valence-electron chi connectivity index (χ2n) is 13.7. The Bertz CT molecular complexity index is 1220. The monoisotopic (exact) mass is 576 g/mol. The summed E-state index contributed by atoms with van der Waals surface area (Å²) in [7, 11) is 0. The SMILES string of the molecule is Cc1cc(C)cc(NC(=O)C2C3C=CC4(O3)C2C(=O)N(CCN2CCCCCC2)C4C(=O)NC2CCCC(C)C2C)c1. The summed E-state index contributed by atoms with van der Waals surface area (Å²) in [6.07, 6.45) is 11.3. The number of benzene rings is 1. The zero-order valence-electron chi connectivity index (χ0n) is 25.7. The lowest BCUT2D eigenvalue weighted by Gasteiger charge is -2.38. The molecule has 8 heteroatoms. The highest BCUT2D eigenvalue weighted by Gasteiger charge is 2.72. The number of likely N-dealkylation sites (tertiary alicyclic amines) is 2. The average molecular weight is 577 g/mol. The summed E-state index contributed by atoms with van der Waals surface area (Å²) in [6, 6.07) is 5.24. The van der Waals surface area contributed by atoms with E-state index >= 15 is 0 Å². The molecule has 4 fully saturated rings. The predicted octanol–water partition coefficient (Wildman–Crippen LogP) is 4.21. The van der Waals surface area contributed by atoms with Crippen LogP contribution in [0.15, 0.2) is 30.4 Å². The minimum atomic E-state index is -1.13. The third-order valence-electron chi connectivity index (χ3n) is 10.8. The molecule has 3 saturated heterocycles. The average Bonchev–Trinajstić information content (AvgIpc) is 3.48. The van der Waals surface area contributed by atoms with E-state index in [0.717, 1.165) is 62.1 Å². The first-order valence-electron chi connectivity index (χ1n) is 16.3. The summed E-state index contributed by atoms with van der Waals surface area (Å²) >= 11 is 0. The summed E-state index contributed by atoms with van der Waals surface area (Å²) in [5.74, 6) is -1.01. The van der Waals surface area contributed by atoms with Crippen molar-refractivity contribution in [2.24, 2.45) is 23.7 Å². The normalized spacial score (nSPS) is 36.1. The van der Waals surface area contributed by atoms with E-state index in [2.05, 4.69) is 35.4 Å². The first kappa shape index (κ1) is 29.4. The number of nitrogens with zero attached hydrogens (tertiary/aromatic N) is 2. The van der Waals surface area contributed by atoms with Crippen molar-refractivity contribution in [3.63, 3.8) is 0 Å². The molecule has 1 aromatic rings. The molecule has 228 valence electrons. The number of rotatable bonds is 7. The van der Waals surface area contributed by atoms with Crippen molar-refractivity contribution in [1.82, 2.24) is 15.1 Å². The van der Waals surface area contributed by atoms with Gasteiger partial charge in [-0.15, -0.1) is 0 Å². The molecule has 1 saturated carbocycles. The van der Waals surface area contributed by atoms with Gasteiger partial charge in [0.1, 0.15) is 11.6 Å². The van der Waals surface area contributed by atoms with Gasteiger partial charge in [0.25, 0.3) is 0 Å². The standard InChI is InChI=1S/C34H48N4O4/c1-21-18-22(2)20-25(19-21)35-31(39)28-27-12-13-34(42-27)29(28)33(41)38(17-16-37-14-7-5-6-8-15-37)30(34)32(40)36-26-11-9-10-23(3)24(26)4/h12-13,18-20,23-24,26-30H,5-11,14-17H2,1-4H3,(H,35,39)(H,36,40). The van der Waals surface area contributed by atoms with Crippen LogP contribution in [0.1, 0.15) is 69.9 Å². The van der Waals surface area contributed by atoms with Crippen molar-refractivity contribution >= 4 is 23.4 Å². The number of ether oxygens (including phenoxy) is 1. The van der Waals surface area contributed by atoms with E-state index in [4.69, 9.17) is 4.74 Å². The fraction of sp³-hybridized carbons (Fsp3) is 0.676. The lowest BCUT2D eigenvalue weighted by molar-refractivity contribution is -0.141. The number of carbonyl (C=O) groups is 3. The van der Waals surface area contributed by atoms with Crippen LogP contribution in [0.5, 0.6) is 0 Å². The Morgan fingerprint density at radius 1 is 0.952 bits per heavy atom. The van der Waals surface area contributed by atoms with Crippen molar-refractivity contribution < 1.29 is 19.1 Å². The summed E-state index contributed by atoms with van der Waals surface area (Å²) in [4.78, 5) is 46.6. The van der Waals surface area contributed by atoms with Crippen molar-refractivity contribution in [2.75, 3.05) is 31.5 Å².